The van der Waals surface area contributed by atoms with Crippen LogP contribution in [0.2, 0.25) is 0 Å². The summed E-state index contributed by atoms with van der Waals surface area (Å²) in [5.41, 5.74) is 0.447. The van der Waals surface area contributed by atoms with E-state index in [0.717, 1.165) is 31.2 Å². The van der Waals surface area contributed by atoms with Gasteiger partial charge in [-0.05, 0) is 25.7 Å². The molecule has 18 heavy (non-hydrogen) atoms. The van der Waals surface area contributed by atoms with Gasteiger partial charge in [0.2, 0.25) is 0 Å². The fraction of sp³-hybridized carbons (Fsp3) is 0.571. The smallest absolute Gasteiger partial charge is 0.317 e. The average molecular weight is 246 g/mol. The van der Waals surface area contributed by atoms with Gasteiger partial charge in [0.25, 0.3) is 0 Å². The maximum Gasteiger partial charge on any atom is 0.317 e. The quantitative estimate of drug-likeness (QED) is 0.800. The summed E-state index contributed by atoms with van der Waals surface area (Å²) in [6.45, 7) is 0. The molecule has 1 spiro atoms. The highest BCUT2D eigenvalue weighted by Crippen LogP contribution is 2.46. The second-order valence-electron chi connectivity index (χ2n) is 4.96. The Bertz CT molecular complexity index is 440. The lowest BCUT2D eigenvalue weighted by Gasteiger charge is -2.33. The number of hydrogen-bond donors (Lipinski definition) is 0. The summed E-state index contributed by atoms with van der Waals surface area (Å²) in [5, 5.41) is 8.72. The monoisotopic (exact) mass is 246 g/mol. The minimum atomic E-state index is -1.04. The van der Waals surface area contributed by atoms with Crippen molar-refractivity contribution in [2.24, 2.45) is 10.2 Å². The van der Waals surface area contributed by atoms with E-state index >= 15 is 0 Å². The number of nitrogens with zero attached hydrogens (tertiary/aromatic N) is 2. The van der Waals surface area contributed by atoms with Gasteiger partial charge in [0, 0.05) is 12.7 Å². The third-order valence-corrected chi connectivity index (χ3v) is 3.74. The van der Waals surface area contributed by atoms with Crippen molar-refractivity contribution in [3.63, 3.8) is 0 Å². The topological polar surface area (TPSA) is 43.2 Å². The summed E-state index contributed by atoms with van der Waals surface area (Å²) in [4.78, 5) is 0. The van der Waals surface area contributed by atoms with E-state index in [9.17, 15) is 0 Å². The number of methoxy groups -OCH3 is 1. The highest BCUT2D eigenvalue weighted by atomic mass is 16.7. The fourth-order valence-electron chi connectivity index (χ4n) is 2.73. The van der Waals surface area contributed by atoms with Crippen molar-refractivity contribution >= 4 is 0 Å². The molecule has 3 rings (SSSR count). The third kappa shape index (κ3) is 1.85. The molecule has 0 amide bonds. The normalized spacial score (nSPS) is 29.8. The molecule has 1 heterocycles. The van der Waals surface area contributed by atoms with Gasteiger partial charge >= 0.3 is 5.91 Å². The number of benzene rings is 1. The first-order valence-electron chi connectivity index (χ1n) is 6.54. The van der Waals surface area contributed by atoms with E-state index in [-0.39, 0.29) is 0 Å². The molecule has 4 heteroatoms. The predicted molar refractivity (Wildman–Crippen MR) is 66.9 cm³/mol. The van der Waals surface area contributed by atoms with Gasteiger partial charge in [0.1, 0.15) is 0 Å². The number of rotatable bonds is 2. The Morgan fingerprint density at radius 3 is 2.44 bits per heavy atom. The molecule has 1 aliphatic carbocycles. The summed E-state index contributed by atoms with van der Waals surface area (Å²) >= 11 is 0. The van der Waals surface area contributed by atoms with E-state index in [0.29, 0.717) is 0 Å². The molecule has 0 saturated heterocycles. The van der Waals surface area contributed by atoms with Crippen molar-refractivity contribution in [3.05, 3.63) is 35.9 Å². The van der Waals surface area contributed by atoms with Crippen LogP contribution in [0.3, 0.4) is 0 Å². The number of azo groups is 1. The molecule has 1 fully saturated rings. The molecule has 0 N–H and O–H groups in total. The molecule has 96 valence electrons. The van der Waals surface area contributed by atoms with Crippen molar-refractivity contribution in [2.45, 2.75) is 43.7 Å². The summed E-state index contributed by atoms with van der Waals surface area (Å²) in [5.74, 6) is -1.04. The first-order valence-corrected chi connectivity index (χ1v) is 6.54. The Hall–Kier alpha value is -1.26. The molecular formula is C14H18N2O2. The largest absolute Gasteiger partial charge is 0.330 e. The lowest BCUT2D eigenvalue weighted by atomic mass is 9.92. The minimum Gasteiger partial charge on any atom is -0.330 e. The zero-order valence-electron chi connectivity index (χ0n) is 10.6. The Balaban J connectivity index is 1.90. The summed E-state index contributed by atoms with van der Waals surface area (Å²) in [7, 11) is 1.62. The van der Waals surface area contributed by atoms with Crippen LogP contribution in [-0.4, -0.2) is 12.8 Å². The molecule has 0 radical (unpaired) electrons. The van der Waals surface area contributed by atoms with Crippen LogP contribution in [0, 0.1) is 0 Å². The van der Waals surface area contributed by atoms with Crippen molar-refractivity contribution in [2.75, 3.05) is 7.11 Å². The summed E-state index contributed by atoms with van der Waals surface area (Å²) < 4.78 is 11.7. The van der Waals surface area contributed by atoms with Crippen LogP contribution in [0.5, 0.6) is 0 Å². The Morgan fingerprint density at radius 1 is 1.06 bits per heavy atom. The van der Waals surface area contributed by atoms with Crippen LogP contribution in [0.1, 0.15) is 37.7 Å². The molecule has 1 aromatic carbocycles. The van der Waals surface area contributed by atoms with Gasteiger partial charge in [0.15, 0.2) is 5.72 Å². The van der Waals surface area contributed by atoms with E-state index < -0.39 is 11.6 Å². The fourth-order valence-corrected chi connectivity index (χ4v) is 2.73. The first-order chi connectivity index (χ1) is 8.79. The molecule has 1 aromatic rings. The van der Waals surface area contributed by atoms with E-state index in [4.69, 9.17) is 9.47 Å². The van der Waals surface area contributed by atoms with Crippen LogP contribution in [0.15, 0.2) is 40.6 Å². The van der Waals surface area contributed by atoms with Gasteiger partial charge < -0.3 is 4.74 Å². The van der Waals surface area contributed by atoms with Crippen LogP contribution in [0.4, 0.5) is 0 Å². The van der Waals surface area contributed by atoms with Gasteiger partial charge in [-0.2, -0.15) is 5.11 Å². The van der Waals surface area contributed by atoms with Gasteiger partial charge in [-0.25, -0.2) is 0 Å². The van der Waals surface area contributed by atoms with E-state index in [1.807, 2.05) is 30.3 Å². The first kappa shape index (κ1) is 11.8. The lowest BCUT2D eigenvalue weighted by Crippen LogP contribution is -2.37. The molecule has 1 aliphatic heterocycles. The lowest BCUT2D eigenvalue weighted by molar-refractivity contribution is -0.261. The molecule has 0 aromatic heterocycles. The number of ether oxygens (including phenoxy) is 2. The third-order valence-electron chi connectivity index (χ3n) is 3.74. The maximum absolute atomic E-state index is 6.16. The van der Waals surface area contributed by atoms with E-state index in [2.05, 4.69) is 10.2 Å². The zero-order valence-corrected chi connectivity index (χ0v) is 10.6. The minimum absolute atomic E-state index is 0.454. The second-order valence-corrected chi connectivity index (χ2v) is 4.96. The van der Waals surface area contributed by atoms with Crippen LogP contribution in [-0.2, 0) is 15.4 Å². The van der Waals surface area contributed by atoms with Crippen molar-refractivity contribution < 1.29 is 9.47 Å². The molecule has 1 saturated carbocycles. The van der Waals surface area contributed by atoms with Gasteiger partial charge in [-0.15, -0.1) is 5.11 Å². The number of hydrogen-bond acceptors (Lipinski definition) is 4. The maximum atomic E-state index is 6.16. The van der Waals surface area contributed by atoms with Crippen molar-refractivity contribution in [1.82, 2.24) is 0 Å². The Kier molecular flexibility index (Phi) is 2.92. The molecule has 2 aliphatic rings. The van der Waals surface area contributed by atoms with E-state index in [1.165, 1.54) is 6.42 Å². The highest BCUT2D eigenvalue weighted by molar-refractivity contribution is 5.21. The molecule has 1 unspecified atom stereocenters. The van der Waals surface area contributed by atoms with Crippen molar-refractivity contribution in [3.8, 4) is 0 Å². The summed E-state index contributed by atoms with van der Waals surface area (Å²) in [6.07, 6.45) is 5.43. The van der Waals surface area contributed by atoms with Gasteiger partial charge in [-0.3, -0.25) is 4.74 Å². The SMILES string of the molecule is COC1(c2ccccc2)N=NC2(CCCCC2)O1. The second kappa shape index (κ2) is 4.44. The van der Waals surface area contributed by atoms with Crippen LogP contribution in [0.25, 0.3) is 0 Å². The predicted octanol–water partition coefficient (Wildman–Crippen LogP) is 3.59. The van der Waals surface area contributed by atoms with Gasteiger partial charge in [0.05, 0.1) is 0 Å². The standard InChI is InChI=1S/C14H18N2O2/c1-17-14(12-8-4-2-5-9-12)16-15-13(18-14)10-6-3-7-11-13/h2,4-5,8-9H,3,6-7,10-11H2,1H3. The molecular weight excluding hydrogens is 228 g/mol. The Morgan fingerprint density at radius 2 is 1.78 bits per heavy atom. The van der Waals surface area contributed by atoms with Crippen molar-refractivity contribution in [1.29, 1.82) is 0 Å². The molecule has 0 bridgehead atoms. The Labute approximate surface area is 107 Å². The zero-order chi connectivity index (χ0) is 12.5. The average Bonchev–Trinajstić information content (AvgIpc) is 2.81. The van der Waals surface area contributed by atoms with Crippen LogP contribution >= 0.6 is 0 Å². The molecule has 1 atom stereocenters. The molecule has 4 nitrogen and oxygen atoms in total. The van der Waals surface area contributed by atoms with Crippen LogP contribution < -0.4 is 0 Å². The van der Waals surface area contributed by atoms with E-state index in [1.54, 1.807) is 7.11 Å². The highest BCUT2D eigenvalue weighted by Gasteiger charge is 2.50. The van der Waals surface area contributed by atoms with Gasteiger partial charge in [-0.1, -0.05) is 36.8 Å². The summed E-state index contributed by atoms with van der Waals surface area (Å²) in [6, 6.07) is 9.81.